The van der Waals surface area contributed by atoms with E-state index in [0.717, 1.165) is 0 Å². The van der Waals surface area contributed by atoms with Gasteiger partial charge in [0.25, 0.3) is 0 Å². The summed E-state index contributed by atoms with van der Waals surface area (Å²) in [6.45, 7) is 10.9. The van der Waals surface area contributed by atoms with Gasteiger partial charge in [-0.25, -0.2) is 9.59 Å². The highest BCUT2D eigenvalue weighted by Gasteiger charge is 2.35. The van der Waals surface area contributed by atoms with Crippen molar-refractivity contribution in [1.82, 2.24) is 5.32 Å². The van der Waals surface area contributed by atoms with Crippen molar-refractivity contribution < 1.29 is 39.1 Å². The van der Waals surface area contributed by atoms with E-state index in [2.05, 4.69) is 5.32 Å². The number of fused-ring (bicyclic) bond motifs is 2. The molecule has 2 aromatic carbocycles. The molecule has 1 heterocycles. The van der Waals surface area contributed by atoms with Crippen molar-refractivity contribution in [2.75, 3.05) is 6.61 Å². The summed E-state index contributed by atoms with van der Waals surface area (Å²) in [5.41, 5.74) is 0.245. The van der Waals surface area contributed by atoms with Crippen LogP contribution in [-0.4, -0.2) is 39.4 Å². The van der Waals surface area contributed by atoms with Gasteiger partial charge in [0.1, 0.15) is 22.6 Å². The Bertz CT molecular complexity index is 1130. The molecule has 1 aliphatic rings. The Kier molecular flexibility index (Phi) is 6.58. The fourth-order valence-corrected chi connectivity index (χ4v) is 3.63. The highest BCUT2D eigenvalue weighted by molar-refractivity contribution is 6.00. The number of hydrogen-bond donors (Lipinski definition) is 4. The molecule has 0 saturated carbocycles. The van der Waals surface area contributed by atoms with Crippen LogP contribution < -0.4 is 14.8 Å². The lowest BCUT2D eigenvalue weighted by Gasteiger charge is -2.23. The molecular formula is C24H29NO8. The summed E-state index contributed by atoms with van der Waals surface area (Å²) in [5, 5.41) is 34.3. The Morgan fingerprint density at radius 2 is 1.76 bits per heavy atom. The largest absolute Gasteiger partial charge is 0.507 e. The third-order valence-electron chi connectivity index (χ3n) is 5.34. The number of hydrogen-bond acceptors (Lipinski definition) is 8. The Morgan fingerprint density at radius 1 is 1.09 bits per heavy atom. The smallest absolute Gasteiger partial charge is 0.347 e. The second kappa shape index (κ2) is 8.92. The summed E-state index contributed by atoms with van der Waals surface area (Å²) in [5.74, 6) is -2.83. The number of rotatable bonds is 6. The molecule has 0 atom stereocenters. The van der Waals surface area contributed by atoms with Gasteiger partial charge >= 0.3 is 11.9 Å². The zero-order chi connectivity index (χ0) is 24.7. The van der Waals surface area contributed by atoms with Crippen LogP contribution in [0.2, 0.25) is 0 Å². The van der Waals surface area contributed by atoms with E-state index < -0.39 is 17.7 Å². The zero-order valence-corrected chi connectivity index (χ0v) is 19.6. The number of phenols is 2. The molecule has 3 rings (SSSR count). The minimum Gasteiger partial charge on any atom is -0.507 e. The van der Waals surface area contributed by atoms with Crippen molar-refractivity contribution >= 4 is 11.9 Å². The van der Waals surface area contributed by atoms with Crippen molar-refractivity contribution in [3.63, 3.8) is 0 Å². The van der Waals surface area contributed by atoms with Gasteiger partial charge in [-0.15, -0.1) is 0 Å². The molecule has 0 spiro atoms. The number of esters is 1. The molecular weight excluding hydrogens is 430 g/mol. The van der Waals surface area contributed by atoms with Gasteiger partial charge in [0.15, 0.2) is 17.2 Å². The van der Waals surface area contributed by atoms with Crippen LogP contribution >= 0.6 is 0 Å². The Balaban J connectivity index is 2.31. The van der Waals surface area contributed by atoms with Gasteiger partial charge in [0.2, 0.25) is 0 Å². The van der Waals surface area contributed by atoms with Gasteiger partial charge < -0.3 is 34.8 Å². The quantitative estimate of drug-likeness (QED) is 0.371. The SMILES string of the molecule is CCOCc1c(O)c(C(=O)O)c(C)c2c1OC(=O)c1c(C)cc(O)c(CNC(C)(C)C)c1O2. The van der Waals surface area contributed by atoms with Crippen LogP contribution in [0, 0.1) is 13.8 Å². The Labute approximate surface area is 191 Å². The van der Waals surface area contributed by atoms with E-state index in [-0.39, 0.29) is 70.5 Å². The van der Waals surface area contributed by atoms with Crippen LogP contribution in [0.15, 0.2) is 6.07 Å². The molecule has 1 aliphatic heterocycles. The minimum atomic E-state index is -1.37. The van der Waals surface area contributed by atoms with Gasteiger partial charge in [-0.1, -0.05) is 0 Å². The van der Waals surface area contributed by atoms with Crippen molar-refractivity contribution in [1.29, 1.82) is 0 Å². The average Bonchev–Trinajstić information content (AvgIpc) is 2.83. The summed E-state index contributed by atoms with van der Waals surface area (Å²) in [4.78, 5) is 25.1. The van der Waals surface area contributed by atoms with Crippen molar-refractivity contribution in [3.05, 3.63) is 39.4 Å². The highest BCUT2D eigenvalue weighted by atomic mass is 16.6. The Hall–Kier alpha value is -3.30. The van der Waals surface area contributed by atoms with E-state index in [1.165, 1.54) is 13.0 Å². The lowest BCUT2D eigenvalue weighted by Crippen LogP contribution is -2.35. The van der Waals surface area contributed by atoms with Gasteiger partial charge in [0, 0.05) is 24.3 Å². The third-order valence-corrected chi connectivity index (χ3v) is 5.34. The lowest BCUT2D eigenvalue weighted by atomic mass is 10.00. The number of aromatic hydroxyl groups is 2. The number of aryl methyl sites for hydroxylation is 1. The molecule has 178 valence electrons. The van der Waals surface area contributed by atoms with Crippen LogP contribution in [0.3, 0.4) is 0 Å². The van der Waals surface area contributed by atoms with E-state index in [0.29, 0.717) is 11.1 Å². The van der Waals surface area contributed by atoms with Gasteiger partial charge in [0.05, 0.1) is 17.7 Å². The molecule has 0 aliphatic carbocycles. The van der Waals surface area contributed by atoms with Crippen LogP contribution in [0.5, 0.6) is 28.7 Å². The van der Waals surface area contributed by atoms with Crippen LogP contribution in [-0.2, 0) is 17.9 Å². The zero-order valence-electron chi connectivity index (χ0n) is 19.6. The normalized spacial score (nSPS) is 13.0. The highest BCUT2D eigenvalue weighted by Crippen LogP contribution is 2.50. The number of carboxylic acid groups (broad SMARTS) is 1. The fourth-order valence-electron chi connectivity index (χ4n) is 3.63. The second-order valence-corrected chi connectivity index (χ2v) is 8.92. The predicted octanol–water partition coefficient (Wildman–Crippen LogP) is 4.16. The fraction of sp³-hybridized carbons (Fsp3) is 0.417. The molecule has 0 amide bonds. The van der Waals surface area contributed by atoms with Crippen LogP contribution in [0.1, 0.15) is 70.7 Å². The van der Waals surface area contributed by atoms with E-state index in [4.69, 9.17) is 14.2 Å². The van der Waals surface area contributed by atoms with E-state index >= 15 is 0 Å². The summed E-state index contributed by atoms with van der Waals surface area (Å²) >= 11 is 0. The maximum absolute atomic E-state index is 13.2. The van der Waals surface area contributed by atoms with Gasteiger partial charge in [-0.3, -0.25) is 0 Å². The summed E-state index contributed by atoms with van der Waals surface area (Å²) in [6.07, 6.45) is 0. The van der Waals surface area contributed by atoms with E-state index in [9.17, 15) is 24.9 Å². The number of carbonyl (C=O) groups is 2. The van der Waals surface area contributed by atoms with Crippen molar-refractivity contribution in [2.45, 2.75) is 60.2 Å². The predicted molar refractivity (Wildman–Crippen MR) is 120 cm³/mol. The number of carbonyl (C=O) groups excluding carboxylic acids is 1. The monoisotopic (exact) mass is 459 g/mol. The summed E-state index contributed by atoms with van der Waals surface area (Å²) < 4.78 is 17.2. The van der Waals surface area contributed by atoms with Crippen molar-refractivity contribution in [3.8, 4) is 28.7 Å². The number of ether oxygens (including phenoxy) is 3. The number of carboxylic acids is 1. The number of benzene rings is 2. The maximum atomic E-state index is 13.2. The maximum Gasteiger partial charge on any atom is 0.347 e. The number of nitrogens with one attached hydrogen (secondary N) is 1. The average molecular weight is 459 g/mol. The molecule has 0 aromatic heterocycles. The topological polar surface area (TPSA) is 135 Å². The van der Waals surface area contributed by atoms with Gasteiger partial charge in [-0.2, -0.15) is 0 Å². The van der Waals surface area contributed by atoms with E-state index in [1.807, 2.05) is 20.8 Å². The second-order valence-electron chi connectivity index (χ2n) is 8.92. The summed E-state index contributed by atoms with van der Waals surface area (Å²) in [7, 11) is 0. The molecule has 9 heteroatoms. The molecule has 0 unspecified atom stereocenters. The molecule has 0 bridgehead atoms. The number of aromatic carboxylic acids is 1. The first-order valence-corrected chi connectivity index (χ1v) is 10.6. The first-order chi connectivity index (χ1) is 15.4. The van der Waals surface area contributed by atoms with Gasteiger partial charge in [-0.05, 0) is 53.2 Å². The molecule has 2 aromatic rings. The Morgan fingerprint density at radius 3 is 2.33 bits per heavy atom. The molecule has 0 fully saturated rings. The third kappa shape index (κ3) is 4.60. The van der Waals surface area contributed by atoms with Crippen LogP contribution in [0.25, 0.3) is 0 Å². The first kappa shape index (κ1) is 24.3. The standard InChI is InChI=1S/C24H29NO8/c1-7-31-10-14-18(27)17(22(28)29)12(3)19-21(14)33-23(30)16-11(2)8-15(26)13(20(16)32-19)9-25-24(4,5)6/h8,25-27H,7,9-10H2,1-6H3,(H,28,29). The molecule has 4 N–H and O–H groups in total. The molecule has 33 heavy (non-hydrogen) atoms. The molecule has 9 nitrogen and oxygen atoms in total. The van der Waals surface area contributed by atoms with Crippen LogP contribution in [0.4, 0.5) is 0 Å². The molecule has 0 radical (unpaired) electrons. The summed E-state index contributed by atoms with van der Waals surface area (Å²) in [6, 6.07) is 1.45. The van der Waals surface area contributed by atoms with E-state index in [1.54, 1.807) is 13.8 Å². The number of phenolic OH excluding ortho intramolecular Hbond substituents is 1. The lowest BCUT2D eigenvalue weighted by molar-refractivity contribution is 0.0691. The molecule has 0 saturated heterocycles. The van der Waals surface area contributed by atoms with Crippen molar-refractivity contribution in [2.24, 2.45) is 0 Å². The minimum absolute atomic E-state index is 0.00718. The first-order valence-electron chi connectivity index (χ1n) is 10.6.